The van der Waals surface area contributed by atoms with Gasteiger partial charge in [0.1, 0.15) is 0 Å². The highest BCUT2D eigenvalue weighted by molar-refractivity contribution is 5.95. The number of benzene rings is 1. The molecule has 0 aliphatic carbocycles. The molecule has 3 rings (SSSR count). The first kappa shape index (κ1) is 11.5. The molecule has 0 radical (unpaired) electrons. The lowest BCUT2D eigenvalue weighted by Gasteiger charge is -2.04. The molecule has 0 atom stereocenters. The van der Waals surface area contributed by atoms with Gasteiger partial charge in [0.25, 0.3) is 0 Å². The number of pyridine rings is 1. The Labute approximate surface area is 109 Å². The summed E-state index contributed by atoms with van der Waals surface area (Å²) in [5.74, 6) is -0.907. The first-order valence-corrected chi connectivity index (χ1v) is 5.92. The van der Waals surface area contributed by atoms with Crippen LogP contribution in [0.3, 0.4) is 0 Å². The summed E-state index contributed by atoms with van der Waals surface area (Å²) in [7, 11) is 0. The van der Waals surface area contributed by atoms with E-state index in [1.165, 1.54) is 0 Å². The molecule has 4 heteroatoms. The van der Waals surface area contributed by atoms with E-state index in [0.29, 0.717) is 5.56 Å². The Kier molecular flexibility index (Phi) is 2.56. The van der Waals surface area contributed by atoms with Crippen molar-refractivity contribution in [3.05, 3.63) is 60.0 Å². The summed E-state index contributed by atoms with van der Waals surface area (Å²) in [6.07, 6.45) is 5.50. The predicted molar refractivity (Wildman–Crippen MR) is 72.8 cm³/mol. The number of carboxylic acids is 1. The van der Waals surface area contributed by atoms with Crippen LogP contribution in [0.1, 0.15) is 15.9 Å². The van der Waals surface area contributed by atoms with Gasteiger partial charge in [-0.2, -0.15) is 0 Å². The highest BCUT2D eigenvalue weighted by Crippen LogP contribution is 2.25. The monoisotopic (exact) mass is 252 g/mol. The zero-order chi connectivity index (χ0) is 13.4. The maximum atomic E-state index is 11.0. The number of nitrogens with zero attached hydrogens (tertiary/aromatic N) is 2. The van der Waals surface area contributed by atoms with E-state index >= 15 is 0 Å². The van der Waals surface area contributed by atoms with Crippen LogP contribution in [0.25, 0.3) is 16.6 Å². The molecule has 1 aromatic carbocycles. The van der Waals surface area contributed by atoms with Crippen molar-refractivity contribution >= 4 is 16.9 Å². The molecular formula is C15H12N2O2. The summed E-state index contributed by atoms with van der Waals surface area (Å²) >= 11 is 0. The number of aromatic carboxylic acids is 1. The van der Waals surface area contributed by atoms with Gasteiger partial charge < -0.3 is 9.67 Å². The minimum absolute atomic E-state index is 0.305. The third kappa shape index (κ3) is 1.87. The quantitative estimate of drug-likeness (QED) is 0.762. The zero-order valence-electron chi connectivity index (χ0n) is 10.4. The molecule has 0 fully saturated rings. The standard InChI is InChI=1S/C15H12N2O2/c1-10-9-17(12-3-2-6-16-8-12)14-5-4-11(15(18)19)7-13(10)14/h2-9H,1H3,(H,18,19). The molecule has 0 saturated heterocycles. The molecule has 0 aliphatic rings. The lowest BCUT2D eigenvalue weighted by atomic mass is 10.1. The molecule has 4 nitrogen and oxygen atoms in total. The fourth-order valence-electron chi connectivity index (χ4n) is 2.24. The fourth-order valence-corrected chi connectivity index (χ4v) is 2.24. The average molecular weight is 252 g/mol. The van der Waals surface area contributed by atoms with E-state index in [-0.39, 0.29) is 0 Å². The molecule has 0 unspecified atom stereocenters. The van der Waals surface area contributed by atoms with Crippen molar-refractivity contribution in [2.75, 3.05) is 0 Å². The van der Waals surface area contributed by atoms with Crippen LogP contribution in [-0.4, -0.2) is 20.6 Å². The SMILES string of the molecule is Cc1cn(-c2cccnc2)c2ccc(C(=O)O)cc12. The lowest BCUT2D eigenvalue weighted by Crippen LogP contribution is -1.96. The summed E-state index contributed by atoms with van der Waals surface area (Å²) in [4.78, 5) is 15.1. The third-order valence-electron chi connectivity index (χ3n) is 3.17. The molecule has 0 aliphatic heterocycles. The second-order valence-electron chi connectivity index (χ2n) is 4.43. The highest BCUT2D eigenvalue weighted by Gasteiger charge is 2.10. The summed E-state index contributed by atoms with van der Waals surface area (Å²) in [6, 6.07) is 9.01. The first-order chi connectivity index (χ1) is 9.16. The van der Waals surface area contributed by atoms with Crippen LogP contribution >= 0.6 is 0 Å². The Morgan fingerprint density at radius 3 is 2.84 bits per heavy atom. The van der Waals surface area contributed by atoms with Crippen LogP contribution in [0.2, 0.25) is 0 Å². The van der Waals surface area contributed by atoms with Crippen LogP contribution in [0.4, 0.5) is 0 Å². The minimum Gasteiger partial charge on any atom is -0.478 e. The number of hydrogen-bond donors (Lipinski definition) is 1. The zero-order valence-corrected chi connectivity index (χ0v) is 10.4. The Morgan fingerprint density at radius 2 is 2.16 bits per heavy atom. The van der Waals surface area contributed by atoms with Crippen LogP contribution in [-0.2, 0) is 0 Å². The molecule has 0 saturated carbocycles. The molecule has 0 bridgehead atoms. The Morgan fingerprint density at radius 1 is 1.32 bits per heavy atom. The normalized spacial score (nSPS) is 10.8. The second-order valence-corrected chi connectivity index (χ2v) is 4.43. The fraction of sp³-hybridized carbons (Fsp3) is 0.0667. The molecule has 0 spiro atoms. The van der Waals surface area contributed by atoms with Gasteiger partial charge in [0.2, 0.25) is 0 Å². The number of carboxylic acid groups (broad SMARTS) is 1. The van der Waals surface area contributed by atoms with Crippen LogP contribution in [0.5, 0.6) is 0 Å². The molecule has 2 heterocycles. The van der Waals surface area contributed by atoms with E-state index < -0.39 is 5.97 Å². The van der Waals surface area contributed by atoms with Crippen molar-refractivity contribution in [2.45, 2.75) is 6.92 Å². The predicted octanol–water partition coefficient (Wildman–Crippen LogP) is 3.03. The maximum Gasteiger partial charge on any atom is 0.335 e. The van der Waals surface area contributed by atoms with Gasteiger partial charge in [-0.3, -0.25) is 4.98 Å². The summed E-state index contributed by atoms with van der Waals surface area (Å²) < 4.78 is 2.02. The van der Waals surface area contributed by atoms with Gasteiger partial charge in [0.05, 0.1) is 23.0 Å². The van der Waals surface area contributed by atoms with Gasteiger partial charge in [-0.25, -0.2) is 4.79 Å². The maximum absolute atomic E-state index is 11.0. The Bertz CT molecular complexity index is 760. The van der Waals surface area contributed by atoms with Crippen LogP contribution in [0, 0.1) is 6.92 Å². The molecule has 1 N–H and O–H groups in total. The number of aromatic nitrogens is 2. The van der Waals surface area contributed by atoms with Gasteiger partial charge in [-0.05, 0) is 42.8 Å². The van der Waals surface area contributed by atoms with Gasteiger partial charge in [-0.1, -0.05) is 0 Å². The first-order valence-electron chi connectivity index (χ1n) is 5.92. The van der Waals surface area contributed by atoms with E-state index in [4.69, 9.17) is 5.11 Å². The van der Waals surface area contributed by atoms with Gasteiger partial charge >= 0.3 is 5.97 Å². The van der Waals surface area contributed by atoms with E-state index in [1.807, 2.05) is 35.9 Å². The van der Waals surface area contributed by atoms with Crippen LogP contribution in [0.15, 0.2) is 48.9 Å². The van der Waals surface area contributed by atoms with E-state index in [1.54, 1.807) is 24.5 Å². The van der Waals surface area contributed by atoms with Crippen molar-refractivity contribution in [2.24, 2.45) is 0 Å². The minimum atomic E-state index is -0.907. The number of fused-ring (bicyclic) bond motifs is 1. The van der Waals surface area contributed by atoms with E-state index in [0.717, 1.165) is 22.2 Å². The number of aryl methyl sites for hydroxylation is 1. The van der Waals surface area contributed by atoms with Crippen molar-refractivity contribution in [1.82, 2.24) is 9.55 Å². The molecular weight excluding hydrogens is 240 g/mol. The van der Waals surface area contributed by atoms with Gasteiger partial charge in [-0.15, -0.1) is 0 Å². The van der Waals surface area contributed by atoms with Crippen molar-refractivity contribution in [3.63, 3.8) is 0 Å². The number of rotatable bonds is 2. The highest BCUT2D eigenvalue weighted by atomic mass is 16.4. The van der Waals surface area contributed by atoms with Crippen molar-refractivity contribution < 1.29 is 9.90 Å². The van der Waals surface area contributed by atoms with Crippen molar-refractivity contribution in [3.8, 4) is 5.69 Å². The smallest absolute Gasteiger partial charge is 0.335 e. The van der Waals surface area contributed by atoms with Crippen molar-refractivity contribution in [1.29, 1.82) is 0 Å². The Hall–Kier alpha value is -2.62. The van der Waals surface area contributed by atoms with E-state index in [9.17, 15) is 4.79 Å². The molecule has 19 heavy (non-hydrogen) atoms. The average Bonchev–Trinajstić information content (AvgIpc) is 2.77. The molecule has 0 amide bonds. The third-order valence-corrected chi connectivity index (χ3v) is 3.17. The topological polar surface area (TPSA) is 55.1 Å². The molecule has 2 aromatic heterocycles. The summed E-state index contributed by atoms with van der Waals surface area (Å²) in [5.41, 5.74) is 3.29. The van der Waals surface area contributed by atoms with Crippen LogP contribution < -0.4 is 0 Å². The molecule has 94 valence electrons. The largest absolute Gasteiger partial charge is 0.478 e. The molecule has 3 aromatic rings. The summed E-state index contributed by atoms with van der Waals surface area (Å²) in [6.45, 7) is 1.97. The number of hydrogen-bond acceptors (Lipinski definition) is 2. The van der Waals surface area contributed by atoms with Gasteiger partial charge in [0, 0.05) is 17.8 Å². The second kappa shape index (κ2) is 4.24. The van der Waals surface area contributed by atoms with Gasteiger partial charge in [0.15, 0.2) is 0 Å². The lowest BCUT2D eigenvalue weighted by molar-refractivity contribution is 0.0697. The number of carbonyl (C=O) groups is 1. The van der Waals surface area contributed by atoms with E-state index in [2.05, 4.69) is 4.98 Å². The Balaban J connectivity index is 2.26. The summed E-state index contributed by atoms with van der Waals surface area (Å²) in [5, 5.41) is 9.99.